The Morgan fingerprint density at radius 3 is 2.25 bits per heavy atom. The zero-order valence-electron chi connectivity index (χ0n) is 5.32. The van der Waals surface area contributed by atoms with E-state index in [1.54, 1.807) is 0 Å². The largest absolute Gasteiger partial charge is 0.0739 e. The van der Waals surface area contributed by atoms with Crippen molar-refractivity contribution < 1.29 is 0 Å². The second-order valence-electron chi connectivity index (χ2n) is 3.12. The lowest BCUT2D eigenvalue weighted by molar-refractivity contribution is 0.610. The maximum Gasteiger partial charge on any atom is -0.0168 e. The Labute approximate surface area is 59.1 Å². The molecule has 1 atom stereocenters. The number of hydrogen-bond donors (Lipinski definition) is 0. The van der Waals surface area contributed by atoms with Crippen LogP contribution >= 0.6 is 15.9 Å². The topological polar surface area (TPSA) is 0 Å². The van der Waals surface area contributed by atoms with Gasteiger partial charge in [-0.2, -0.15) is 0 Å². The van der Waals surface area contributed by atoms with E-state index in [1.807, 2.05) is 4.99 Å². The molecule has 1 aliphatic carbocycles. The molecule has 0 N–H and O–H groups in total. The van der Waals surface area contributed by atoms with Crippen molar-refractivity contribution in [3.63, 3.8) is 0 Å². The minimum atomic E-state index is 0.601. The highest BCUT2D eigenvalue weighted by molar-refractivity contribution is 9.11. The Kier molecular flexibility index (Phi) is 1.48. The zero-order chi connectivity index (χ0) is 6.20. The minimum absolute atomic E-state index is 0.601. The van der Waals surface area contributed by atoms with Crippen LogP contribution in [0, 0.1) is 11.3 Å². The van der Waals surface area contributed by atoms with E-state index in [4.69, 9.17) is 0 Å². The Balaban J connectivity index is 2.37. The van der Waals surface area contributed by atoms with Crippen LogP contribution in [0.4, 0.5) is 0 Å². The molecular weight excluding hydrogens is 164 g/mol. The van der Waals surface area contributed by atoms with Crippen LogP contribution in [0.25, 0.3) is 0 Å². The van der Waals surface area contributed by atoms with Crippen LogP contribution in [0.1, 0.15) is 20.3 Å². The molecule has 1 saturated carbocycles. The van der Waals surface area contributed by atoms with E-state index in [1.165, 1.54) is 6.42 Å². The van der Waals surface area contributed by atoms with E-state index < -0.39 is 0 Å². The van der Waals surface area contributed by atoms with Crippen LogP contribution in [0.15, 0.2) is 11.1 Å². The van der Waals surface area contributed by atoms with Gasteiger partial charge in [0.25, 0.3) is 0 Å². The monoisotopic (exact) mass is 174 g/mol. The van der Waals surface area contributed by atoms with Crippen LogP contribution in [0.5, 0.6) is 0 Å². The first-order chi connectivity index (χ1) is 3.67. The van der Waals surface area contributed by atoms with Crippen LogP contribution in [-0.2, 0) is 0 Å². The van der Waals surface area contributed by atoms with Crippen LogP contribution in [0.3, 0.4) is 0 Å². The van der Waals surface area contributed by atoms with Crippen LogP contribution in [-0.4, -0.2) is 0 Å². The second-order valence-corrected chi connectivity index (χ2v) is 3.65. The Morgan fingerprint density at radius 2 is 2.12 bits per heavy atom. The van der Waals surface area contributed by atoms with Gasteiger partial charge in [-0.15, -0.1) is 0 Å². The van der Waals surface area contributed by atoms with Crippen molar-refractivity contribution in [3.8, 4) is 0 Å². The molecule has 0 bridgehead atoms. The highest BCUT2D eigenvalue weighted by Gasteiger charge is 2.43. The van der Waals surface area contributed by atoms with Gasteiger partial charge >= 0.3 is 0 Å². The maximum absolute atomic E-state index is 3.26. The summed E-state index contributed by atoms with van der Waals surface area (Å²) in [5, 5.41) is 0. The van der Waals surface area contributed by atoms with Crippen molar-refractivity contribution in [2.75, 3.05) is 0 Å². The fraction of sp³-hybridized carbons (Fsp3) is 0.714. The van der Waals surface area contributed by atoms with Gasteiger partial charge in [-0.05, 0) is 22.7 Å². The number of hydrogen-bond acceptors (Lipinski definition) is 0. The van der Waals surface area contributed by atoms with Gasteiger partial charge in [0.15, 0.2) is 0 Å². The standard InChI is InChI=1S/C7H11Br/c1-7(2)5-6(7)3-4-8/h3-4,6H,5H2,1-2H3. The molecule has 1 rings (SSSR count). The molecule has 1 unspecified atom stereocenters. The van der Waals surface area contributed by atoms with E-state index in [9.17, 15) is 0 Å². The third kappa shape index (κ3) is 1.13. The predicted molar refractivity (Wildman–Crippen MR) is 40.0 cm³/mol. The quantitative estimate of drug-likeness (QED) is 0.574. The molecule has 0 aromatic rings. The third-order valence-electron chi connectivity index (χ3n) is 1.89. The van der Waals surface area contributed by atoms with Crippen LogP contribution < -0.4 is 0 Å². The molecule has 1 heteroatoms. The Bertz CT molecular complexity index is 114. The minimum Gasteiger partial charge on any atom is -0.0739 e. The van der Waals surface area contributed by atoms with Crippen molar-refractivity contribution in [1.82, 2.24) is 0 Å². The highest BCUT2D eigenvalue weighted by atomic mass is 79.9. The molecule has 0 nitrogen and oxygen atoms in total. The van der Waals surface area contributed by atoms with Gasteiger partial charge < -0.3 is 0 Å². The first-order valence-corrected chi connectivity index (χ1v) is 3.85. The summed E-state index contributed by atoms with van der Waals surface area (Å²) in [6.07, 6.45) is 3.58. The smallest absolute Gasteiger partial charge is 0.0168 e. The summed E-state index contributed by atoms with van der Waals surface area (Å²) in [6, 6.07) is 0. The molecule has 0 heterocycles. The van der Waals surface area contributed by atoms with Gasteiger partial charge in [-0.25, -0.2) is 0 Å². The van der Waals surface area contributed by atoms with Gasteiger partial charge in [0, 0.05) is 0 Å². The maximum atomic E-state index is 3.26. The van der Waals surface area contributed by atoms with Gasteiger partial charge in [0.1, 0.15) is 0 Å². The van der Waals surface area contributed by atoms with E-state index in [2.05, 4.69) is 35.9 Å². The summed E-state index contributed by atoms with van der Waals surface area (Å²) in [5.74, 6) is 0.835. The third-order valence-corrected chi connectivity index (χ3v) is 2.20. The van der Waals surface area contributed by atoms with E-state index in [-0.39, 0.29) is 0 Å². The fourth-order valence-electron chi connectivity index (χ4n) is 0.924. The molecule has 0 aromatic heterocycles. The molecule has 0 spiro atoms. The van der Waals surface area contributed by atoms with Crippen molar-refractivity contribution in [2.45, 2.75) is 20.3 Å². The SMILES string of the molecule is CC1(C)CC1C=CBr. The molecule has 0 aromatic carbocycles. The normalized spacial score (nSPS) is 33.6. The van der Waals surface area contributed by atoms with Gasteiger partial charge in [-0.1, -0.05) is 35.9 Å². The lowest BCUT2D eigenvalue weighted by atomic mass is 10.1. The average molecular weight is 175 g/mol. The van der Waals surface area contributed by atoms with E-state index >= 15 is 0 Å². The summed E-state index contributed by atoms with van der Waals surface area (Å²) in [7, 11) is 0. The van der Waals surface area contributed by atoms with Gasteiger partial charge in [0.2, 0.25) is 0 Å². The molecule has 8 heavy (non-hydrogen) atoms. The molecule has 0 aliphatic heterocycles. The van der Waals surface area contributed by atoms with Crippen molar-refractivity contribution in [3.05, 3.63) is 11.1 Å². The van der Waals surface area contributed by atoms with Gasteiger partial charge in [0.05, 0.1) is 0 Å². The summed E-state index contributed by atoms with van der Waals surface area (Å²) >= 11 is 3.26. The fourth-order valence-corrected chi connectivity index (χ4v) is 1.29. The van der Waals surface area contributed by atoms with Gasteiger partial charge in [-0.3, -0.25) is 0 Å². The van der Waals surface area contributed by atoms with Crippen molar-refractivity contribution >= 4 is 15.9 Å². The molecule has 46 valence electrons. The molecular formula is C7H11Br. The zero-order valence-corrected chi connectivity index (χ0v) is 6.90. The summed E-state index contributed by atoms with van der Waals surface area (Å²) in [4.78, 5) is 1.96. The Hall–Kier alpha value is 0.220. The molecule has 0 amide bonds. The summed E-state index contributed by atoms with van der Waals surface area (Å²) in [5.41, 5.74) is 0.601. The Morgan fingerprint density at radius 1 is 1.62 bits per heavy atom. The van der Waals surface area contributed by atoms with E-state index in [0.29, 0.717) is 5.41 Å². The number of halogens is 1. The van der Waals surface area contributed by atoms with Crippen molar-refractivity contribution in [1.29, 1.82) is 0 Å². The van der Waals surface area contributed by atoms with Crippen LogP contribution in [0.2, 0.25) is 0 Å². The predicted octanol–water partition coefficient (Wildman–Crippen LogP) is 2.94. The van der Waals surface area contributed by atoms with Crippen molar-refractivity contribution in [2.24, 2.45) is 11.3 Å². The first kappa shape index (κ1) is 6.34. The molecule has 1 aliphatic rings. The average Bonchev–Trinajstić information content (AvgIpc) is 2.15. The molecule has 0 radical (unpaired) electrons. The summed E-state index contributed by atoms with van der Waals surface area (Å²) in [6.45, 7) is 4.59. The second kappa shape index (κ2) is 1.87. The molecule has 0 saturated heterocycles. The highest BCUT2D eigenvalue weighted by Crippen LogP contribution is 2.52. The lowest BCUT2D eigenvalue weighted by Gasteiger charge is -1.93. The molecule has 1 fully saturated rings. The lowest BCUT2D eigenvalue weighted by Crippen LogP contribution is -1.84. The summed E-state index contributed by atoms with van der Waals surface area (Å²) < 4.78 is 0. The first-order valence-electron chi connectivity index (χ1n) is 2.94. The number of rotatable bonds is 1. The van der Waals surface area contributed by atoms with E-state index in [0.717, 1.165) is 5.92 Å². The number of allylic oxidation sites excluding steroid dienone is 1.